The van der Waals surface area contributed by atoms with Gasteiger partial charge in [-0.3, -0.25) is 0 Å². The van der Waals surface area contributed by atoms with Crippen molar-refractivity contribution in [1.29, 1.82) is 0 Å². The third-order valence-corrected chi connectivity index (χ3v) is 4.89. The molecule has 0 aromatic heterocycles. The summed E-state index contributed by atoms with van der Waals surface area (Å²) >= 11 is 40.2. The van der Waals surface area contributed by atoms with E-state index in [4.69, 9.17) is 90.7 Å². The van der Waals surface area contributed by atoms with Crippen molar-refractivity contribution < 1.29 is 14.3 Å². The number of carbonyl (C=O) groups excluding carboxylic acids is 1. The Morgan fingerprint density at radius 3 is 1.65 bits per heavy atom. The summed E-state index contributed by atoms with van der Waals surface area (Å²) in [5.74, 6) is -0.259. The predicted octanol–water partition coefficient (Wildman–Crippen LogP) is 6.32. The van der Waals surface area contributed by atoms with E-state index in [-0.39, 0.29) is 42.6 Å². The quantitative estimate of drug-likeness (QED) is 0.188. The monoisotopic (exact) mass is 418 g/mol. The molecule has 0 bridgehead atoms. The average molecular weight is 421 g/mol. The summed E-state index contributed by atoms with van der Waals surface area (Å²) in [5.41, 5.74) is 0. The van der Waals surface area contributed by atoms with E-state index in [1.165, 1.54) is 0 Å². The Morgan fingerprint density at radius 1 is 0.850 bits per heavy atom. The fourth-order valence-electron chi connectivity index (χ4n) is 1.02. The highest BCUT2D eigenvalue weighted by Gasteiger charge is 2.24. The van der Waals surface area contributed by atoms with E-state index >= 15 is 0 Å². The van der Waals surface area contributed by atoms with Crippen LogP contribution in [-0.4, -0.2) is 24.0 Å². The first-order valence-corrected chi connectivity index (χ1v) is 7.81. The Hall–Kier alpha value is 0.520. The molecule has 0 atom stereocenters. The molecule has 0 radical (unpaired) electrons. The van der Waals surface area contributed by atoms with Gasteiger partial charge < -0.3 is 9.47 Å². The van der Waals surface area contributed by atoms with Crippen LogP contribution in [0.15, 0.2) is 0 Å². The van der Waals surface area contributed by atoms with E-state index in [2.05, 4.69) is 0 Å². The van der Waals surface area contributed by atoms with Crippen molar-refractivity contribution in [3.8, 4) is 5.75 Å². The summed E-state index contributed by atoms with van der Waals surface area (Å²) in [6, 6.07) is 0. The lowest BCUT2D eigenvalue weighted by molar-refractivity contribution is 0.0752. The highest BCUT2D eigenvalue weighted by Crippen LogP contribution is 2.48. The minimum Gasteiger partial charge on any atom is -0.428 e. The first kappa shape index (κ1) is 18.6. The van der Waals surface area contributed by atoms with Crippen LogP contribution in [0.2, 0.25) is 25.1 Å². The highest BCUT2D eigenvalue weighted by atomic mass is 35.5. The molecule has 0 spiro atoms. The van der Waals surface area contributed by atoms with Crippen LogP contribution in [0, 0.1) is 0 Å². The van der Waals surface area contributed by atoms with Gasteiger partial charge in [-0.2, -0.15) is 0 Å². The summed E-state index contributed by atoms with van der Waals surface area (Å²) in [5, 5.41) is -0.593. The first-order valence-electron chi connectivity index (χ1n) is 4.85. The molecule has 0 fully saturated rings. The molecule has 0 N–H and O–H groups in total. The molecular weight excluding hydrogens is 416 g/mol. The smallest absolute Gasteiger partial charge is 0.428 e. The lowest BCUT2D eigenvalue weighted by Gasteiger charge is -2.15. The summed E-state index contributed by atoms with van der Waals surface area (Å²) in [7, 11) is 0. The topological polar surface area (TPSA) is 35.5 Å². The fourth-order valence-corrected chi connectivity index (χ4v) is 2.68. The molecule has 0 unspecified atom stereocenters. The standard InChI is InChI=1S/C10H5Cl7O3/c11-1-3(2-12)19-10(18)20-9-7(16)5(14)4(13)6(15)8(9)17/h3H,1-2H2. The zero-order valence-electron chi connectivity index (χ0n) is 9.36. The maximum absolute atomic E-state index is 11.6. The Labute approximate surface area is 149 Å². The van der Waals surface area contributed by atoms with Gasteiger partial charge in [-0.25, -0.2) is 4.79 Å². The van der Waals surface area contributed by atoms with Gasteiger partial charge in [0.05, 0.1) is 26.8 Å². The summed E-state index contributed by atoms with van der Waals surface area (Å²) in [6.07, 6.45) is -1.82. The molecule has 20 heavy (non-hydrogen) atoms. The molecule has 10 heteroatoms. The van der Waals surface area contributed by atoms with Crippen molar-refractivity contribution in [2.24, 2.45) is 0 Å². The van der Waals surface area contributed by atoms with Gasteiger partial charge in [-0.05, 0) is 0 Å². The minimum atomic E-state index is -1.10. The van der Waals surface area contributed by atoms with Gasteiger partial charge in [0.2, 0.25) is 0 Å². The van der Waals surface area contributed by atoms with E-state index in [9.17, 15) is 4.79 Å². The molecule has 3 nitrogen and oxygen atoms in total. The van der Waals surface area contributed by atoms with Crippen molar-refractivity contribution in [2.45, 2.75) is 6.10 Å². The lowest BCUT2D eigenvalue weighted by atomic mass is 10.3. The molecule has 1 rings (SSSR count). The molecule has 0 saturated carbocycles. The van der Waals surface area contributed by atoms with Crippen LogP contribution in [0.5, 0.6) is 5.75 Å². The number of hydrogen-bond donors (Lipinski definition) is 0. The number of rotatable bonds is 4. The Kier molecular flexibility index (Phi) is 7.64. The van der Waals surface area contributed by atoms with Crippen LogP contribution in [-0.2, 0) is 4.74 Å². The summed E-state index contributed by atoms with van der Waals surface area (Å²) in [4.78, 5) is 11.6. The van der Waals surface area contributed by atoms with Crippen LogP contribution < -0.4 is 4.74 Å². The molecule has 0 heterocycles. The van der Waals surface area contributed by atoms with Gasteiger partial charge >= 0.3 is 6.16 Å². The number of benzene rings is 1. The fraction of sp³-hybridized carbons (Fsp3) is 0.300. The van der Waals surface area contributed by atoms with Gasteiger partial charge in [-0.15, -0.1) is 23.2 Å². The molecule has 0 aliphatic rings. The average Bonchev–Trinajstić information content (AvgIpc) is 2.45. The van der Waals surface area contributed by atoms with Crippen LogP contribution >= 0.6 is 81.2 Å². The van der Waals surface area contributed by atoms with E-state index in [1.54, 1.807) is 0 Å². The van der Waals surface area contributed by atoms with Crippen molar-refractivity contribution in [2.75, 3.05) is 11.8 Å². The zero-order valence-corrected chi connectivity index (χ0v) is 14.7. The molecule has 1 aromatic carbocycles. The molecule has 0 aliphatic heterocycles. The predicted molar refractivity (Wildman–Crippen MR) is 83.8 cm³/mol. The van der Waals surface area contributed by atoms with Gasteiger partial charge in [0.15, 0.2) is 5.75 Å². The Bertz CT molecular complexity index is 487. The van der Waals surface area contributed by atoms with Crippen LogP contribution in [0.1, 0.15) is 0 Å². The maximum Gasteiger partial charge on any atom is 0.514 e. The molecule has 0 saturated heterocycles. The van der Waals surface area contributed by atoms with Gasteiger partial charge in [0.25, 0.3) is 0 Å². The SMILES string of the molecule is O=C(Oc1c(Cl)c(Cl)c(Cl)c(Cl)c1Cl)OC(CCl)CCl. The van der Waals surface area contributed by atoms with E-state index < -0.39 is 12.3 Å². The third-order valence-electron chi connectivity index (χ3n) is 1.96. The normalized spacial score (nSPS) is 10.8. The van der Waals surface area contributed by atoms with Crippen LogP contribution in [0.4, 0.5) is 4.79 Å². The van der Waals surface area contributed by atoms with Crippen molar-refractivity contribution >= 4 is 87.4 Å². The van der Waals surface area contributed by atoms with E-state index in [0.29, 0.717) is 0 Å². The summed E-state index contributed by atoms with van der Waals surface area (Å²) < 4.78 is 9.67. The van der Waals surface area contributed by atoms with E-state index in [1.807, 2.05) is 0 Å². The van der Waals surface area contributed by atoms with Crippen molar-refractivity contribution in [3.05, 3.63) is 25.1 Å². The lowest BCUT2D eigenvalue weighted by Crippen LogP contribution is -2.23. The number of halogens is 7. The van der Waals surface area contributed by atoms with Crippen LogP contribution in [0.25, 0.3) is 0 Å². The molecule has 1 aromatic rings. The zero-order chi connectivity index (χ0) is 15.4. The molecule has 0 aliphatic carbocycles. The molecular formula is C10H5Cl7O3. The Morgan fingerprint density at radius 2 is 1.25 bits per heavy atom. The highest BCUT2D eigenvalue weighted by molar-refractivity contribution is 6.55. The summed E-state index contributed by atoms with van der Waals surface area (Å²) in [6.45, 7) is 0. The second-order valence-electron chi connectivity index (χ2n) is 3.30. The van der Waals surface area contributed by atoms with Gasteiger partial charge in [-0.1, -0.05) is 58.0 Å². The van der Waals surface area contributed by atoms with Crippen LogP contribution in [0.3, 0.4) is 0 Å². The molecule has 0 amide bonds. The third kappa shape index (κ3) is 4.26. The maximum atomic E-state index is 11.6. The minimum absolute atomic E-state index is 0.00218. The van der Waals surface area contributed by atoms with Gasteiger partial charge in [0, 0.05) is 0 Å². The first-order chi connectivity index (χ1) is 9.33. The van der Waals surface area contributed by atoms with Crippen molar-refractivity contribution in [3.63, 3.8) is 0 Å². The number of ether oxygens (including phenoxy) is 2. The largest absolute Gasteiger partial charge is 0.514 e. The van der Waals surface area contributed by atoms with Gasteiger partial charge in [0.1, 0.15) is 16.1 Å². The second kappa shape index (κ2) is 8.23. The Balaban J connectivity index is 3.01. The van der Waals surface area contributed by atoms with E-state index in [0.717, 1.165) is 0 Å². The number of hydrogen-bond acceptors (Lipinski definition) is 3. The molecule has 112 valence electrons. The number of carbonyl (C=O) groups is 1. The number of alkyl halides is 2. The second-order valence-corrected chi connectivity index (χ2v) is 5.81. The van der Waals surface area contributed by atoms with Crippen molar-refractivity contribution in [1.82, 2.24) is 0 Å².